The summed E-state index contributed by atoms with van der Waals surface area (Å²) >= 11 is 0. The summed E-state index contributed by atoms with van der Waals surface area (Å²) in [5, 5.41) is 3.05. The standard InChI is InChI=1S/C28H26N2O7S/c1-19(28(32)29-21-11-13-22(14-12-21)38(33,34)30-15-17-35-18-16-30)36-27-25(31)23-9-5-6-10-24(23)37-26(27)20-7-3-2-4-8-20/h2-14,19H,15-18H2,1H3,(H,29,32). The maximum Gasteiger partial charge on any atom is 0.265 e. The van der Waals surface area contributed by atoms with Crippen molar-refractivity contribution >= 4 is 32.6 Å². The topological polar surface area (TPSA) is 115 Å². The monoisotopic (exact) mass is 534 g/mol. The number of para-hydroxylation sites is 1. The maximum absolute atomic E-state index is 13.3. The molecule has 4 aromatic rings. The molecule has 0 spiro atoms. The quantitative estimate of drug-likeness (QED) is 0.383. The summed E-state index contributed by atoms with van der Waals surface area (Å²) in [5.74, 6) is -0.350. The molecule has 10 heteroatoms. The fourth-order valence-electron chi connectivity index (χ4n) is 4.13. The van der Waals surface area contributed by atoms with Crippen molar-refractivity contribution in [2.24, 2.45) is 0 Å². The number of carbonyl (C=O) groups excluding carboxylic acids is 1. The van der Waals surface area contributed by atoms with Crippen molar-refractivity contribution in [3.63, 3.8) is 0 Å². The molecular formula is C28H26N2O7S. The third kappa shape index (κ3) is 5.19. The highest BCUT2D eigenvalue weighted by molar-refractivity contribution is 7.89. The van der Waals surface area contributed by atoms with Crippen molar-refractivity contribution in [1.29, 1.82) is 0 Å². The van der Waals surface area contributed by atoms with Crippen LogP contribution >= 0.6 is 0 Å². The molecule has 1 N–H and O–H groups in total. The van der Waals surface area contributed by atoms with Crippen LogP contribution in [0, 0.1) is 0 Å². The fraction of sp³-hybridized carbons (Fsp3) is 0.214. The summed E-state index contributed by atoms with van der Waals surface area (Å²) in [7, 11) is -3.65. The number of hydrogen-bond donors (Lipinski definition) is 1. The molecule has 0 bridgehead atoms. The van der Waals surface area contributed by atoms with Crippen LogP contribution in [0.2, 0.25) is 0 Å². The number of nitrogens with zero attached hydrogens (tertiary/aromatic N) is 1. The lowest BCUT2D eigenvalue weighted by Gasteiger charge is -2.26. The van der Waals surface area contributed by atoms with Gasteiger partial charge in [0.05, 0.1) is 23.5 Å². The second-order valence-corrected chi connectivity index (χ2v) is 10.7. The number of sulfonamides is 1. The molecule has 0 saturated carbocycles. The Morgan fingerprint density at radius 3 is 2.32 bits per heavy atom. The first-order valence-corrected chi connectivity index (χ1v) is 13.6. The Morgan fingerprint density at radius 1 is 0.947 bits per heavy atom. The van der Waals surface area contributed by atoms with Crippen molar-refractivity contribution in [2.45, 2.75) is 17.9 Å². The summed E-state index contributed by atoms with van der Waals surface area (Å²) in [4.78, 5) is 26.4. The van der Waals surface area contributed by atoms with Crippen molar-refractivity contribution in [1.82, 2.24) is 4.31 Å². The minimum atomic E-state index is -3.65. The molecule has 0 aliphatic carbocycles. The van der Waals surface area contributed by atoms with E-state index in [2.05, 4.69) is 5.32 Å². The molecule has 1 atom stereocenters. The average Bonchev–Trinajstić information content (AvgIpc) is 2.95. The van der Waals surface area contributed by atoms with E-state index in [0.29, 0.717) is 48.5 Å². The highest BCUT2D eigenvalue weighted by Gasteiger charge is 2.27. The van der Waals surface area contributed by atoms with Gasteiger partial charge in [-0.05, 0) is 43.3 Å². The summed E-state index contributed by atoms with van der Waals surface area (Å²) < 4.78 is 44.2. The molecule has 1 saturated heterocycles. The molecule has 1 aromatic heterocycles. The van der Waals surface area contributed by atoms with E-state index in [1.165, 1.54) is 35.5 Å². The van der Waals surface area contributed by atoms with Gasteiger partial charge in [-0.15, -0.1) is 0 Å². The number of benzene rings is 3. The van der Waals surface area contributed by atoms with Gasteiger partial charge in [-0.25, -0.2) is 8.42 Å². The number of ether oxygens (including phenoxy) is 2. The van der Waals surface area contributed by atoms with Crippen LogP contribution < -0.4 is 15.5 Å². The van der Waals surface area contributed by atoms with Crippen LogP contribution in [0.5, 0.6) is 5.75 Å². The predicted octanol–water partition coefficient (Wildman–Crippen LogP) is 3.89. The molecule has 1 amide bonds. The Morgan fingerprint density at radius 2 is 1.61 bits per heavy atom. The number of hydrogen-bond acceptors (Lipinski definition) is 7. The first-order valence-electron chi connectivity index (χ1n) is 12.1. The molecule has 1 unspecified atom stereocenters. The third-order valence-corrected chi connectivity index (χ3v) is 8.10. The molecular weight excluding hydrogens is 508 g/mol. The van der Waals surface area contributed by atoms with Crippen molar-refractivity contribution in [3.8, 4) is 17.1 Å². The number of fused-ring (bicyclic) bond motifs is 1. The van der Waals surface area contributed by atoms with Gasteiger partial charge < -0.3 is 19.2 Å². The van der Waals surface area contributed by atoms with Gasteiger partial charge in [0.1, 0.15) is 5.58 Å². The van der Waals surface area contributed by atoms with Crippen molar-refractivity contribution in [3.05, 3.63) is 89.1 Å². The molecule has 3 aromatic carbocycles. The second-order valence-electron chi connectivity index (χ2n) is 8.74. The highest BCUT2D eigenvalue weighted by atomic mass is 32.2. The van der Waals surface area contributed by atoms with Gasteiger partial charge >= 0.3 is 0 Å². The molecule has 1 aliphatic rings. The van der Waals surface area contributed by atoms with Crippen LogP contribution in [0.25, 0.3) is 22.3 Å². The second kappa shape index (κ2) is 10.8. The van der Waals surface area contributed by atoms with E-state index >= 15 is 0 Å². The molecule has 9 nitrogen and oxygen atoms in total. The Bertz CT molecular complexity index is 1610. The molecule has 196 valence electrons. The number of carbonyl (C=O) groups is 1. The van der Waals surface area contributed by atoms with Gasteiger partial charge in [-0.3, -0.25) is 9.59 Å². The van der Waals surface area contributed by atoms with Gasteiger partial charge in [-0.2, -0.15) is 4.31 Å². The molecule has 5 rings (SSSR count). The van der Waals surface area contributed by atoms with Gasteiger partial charge in [0.15, 0.2) is 11.9 Å². The van der Waals surface area contributed by atoms with Gasteiger partial charge in [0.2, 0.25) is 21.2 Å². The first-order chi connectivity index (χ1) is 18.3. The van der Waals surface area contributed by atoms with E-state index in [9.17, 15) is 18.0 Å². The lowest BCUT2D eigenvalue weighted by atomic mass is 10.1. The third-order valence-electron chi connectivity index (χ3n) is 6.19. The Hall–Kier alpha value is -3.99. The Labute approximate surface area is 219 Å². The summed E-state index contributed by atoms with van der Waals surface area (Å²) in [5.41, 5.74) is 1.05. The van der Waals surface area contributed by atoms with Crippen LogP contribution in [0.4, 0.5) is 5.69 Å². The van der Waals surface area contributed by atoms with E-state index in [0.717, 1.165) is 0 Å². The van der Waals surface area contributed by atoms with Gasteiger partial charge in [0.25, 0.3) is 5.91 Å². The number of amides is 1. The molecule has 1 aliphatic heterocycles. The van der Waals surface area contributed by atoms with Crippen LogP contribution in [0.3, 0.4) is 0 Å². The Kier molecular flexibility index (Phi) is 7.28. The summed E-state index contributed by atoms with van der Waals surface area (Å²) in [6.07, 6.45) is -1.06. The smallest absolute Gasteiger partial charge is 0.265 e. The maximum atomic E-state index is 13.3. The van der Waals surface area contributed by atoms with E-state index in [1.807, 2.05) is 18.2 Å². The van der Waals surface area contributed by atoms with Crippen LogP contribution in [0.1, 0.15) is 6.92 Å². The van der Waals surface area contributed by atoms with E-state index in [-0.39, 0.29) is 21.8 Å². The molecule has 38 heavy (non-hydrogen) atoms. The molecule has 1 fully saturated rings. The predicted molar refractivity (Wildman–Crippen MR) is 143 cm³/mol. The molecule has 0 radical (unpaired) electrons. The lowest BCUT2D eigenvalue weighted by molar-refractivity contribution is -0.122. The zero-order valence-corrected chi connectivity index (χ0v) is 21.4. The number of nitrogens with one attached hydrogen (secondary N) is 1. The number of morpholine rings is 1. The van der Waals surface area contributed by atoms with E-state index in [1.54, 1.807) is 36.4 Å². The van der Waals surface area contributed by atoms with E-state index < -0.39 is 22.0 Å². The highest BCUT2D eigenvalue weighted by Crippen LogP contribution is 2.31. The van der Waals surface area contributed by atoms with E-state index in [4.69, 9.17) is 13.9 Å². The summed E-state index contributed by atoms with van der Waals surface area (Å²) in [6.45, 7) is 2.82. The van der Waals surface area contributed by atoms with Crippen LogP contribution in [0.15, 0.2) is 93.0 Å². The first kappa shape index (κ1) is 25.7. The number of rotatable bonds is 7. The normalized spacial score (nSPS) is 15.2. The fourth-order valence-corrected chi connectivity index (χ4v) is 5.54. The largest absolute Gasteiger partial charge is 0.473 e. The zero-order chi connectivity index (χ0) is 26.7. The molecule has 2 heterocycles. The van der Waals surface area contributed by atoms with Crippen molar-refractivity contribution in [2.75, 3.05) is 31.6 Å². The van der Waals surface area contributed by atoms with Gasteiger partial charge in [0, 0.05) is 24.3 Å². The summed E-state index contributed by atoms with van der Waals surface area (Å²) in [6, 6.07) is 21.8. The average molecular weight is 535 g/mol. The Balaban J connectivity index is 1.36. The minimum absolute atomic E-state index is 0.0653. The lowest BCUT2D eigenvalue weighted by Crippen LogP contribution is -2.40. The SMILES string of the molecule is CC(Oc1c(-c2ccccc2)oc2ccccc2c1=O)C(=O)Nc1ccc(S(=O)(=O)N2CCOCC2)cc1. The van der Waals surface area contributed by atoms with Gasteiger partial charge in [-0.1, -0.05) is 42.5 Å². The minimum Gasteiger partial charge on any atom is -0.473 e. The zero-order valence-electron chi connectivity index (χ0n) is 20.6. The number of anilines is 1. The van der Waals surface area contributed by atoms with Crippen LogP contribution in [-0.2, 0) is 19.6 Å². The van der Waals surface area contributed by atoms with Crippen LogP contribution in [-0.4, -0.2) is 51.0 Å². The van der Waals surface area contributed by atoms with Crippen molar-refractivity contribution < 1.29 is 27.1 Å².